The van der Waals surface area contributed by atoms with Gasteiger partial charge in [-0.25, -0.2) is 19.3 Å². The van der Waals surface area contributed by atoms with E-state index in [4.69, 9.17) is 19.2 Å². The monoisotopic (exact) mass is 613 g/mol. The lowest BCUT2D eigenvalue weighted by Gasteiger charge is -2.20. The number of sulfonamides is 1. The fraction of sp³-hybridized carbons (Fsp3) is 0.414. The van der Waals surface area contributed by atoms with Crippen LogP contribution in [0.2, 0.25) is 0 Å². The number of aliphatic hydroxyl groups is 1. The van der Waals surface area contributed by atoms with Crippen molar-refractivity contribution in [3.63, 3.8) is 0 Å². The number of hydrazone groups is 1. The van der Waals surface area contributed by atoms with Crippen LogP contribution in [0.5, 0.6) is 17.2 Å². The molecule has 0 bridgehead atoms. The molecular weight excluding hydrogens is 574 g/mol. The van der Waals surface area contributed by atoms with Crippen LogP contribution in [0.25, 0.3) is 0 Å². The Kier molecular flexibility index (Phi) is 9.94. The Morgan fingerprint density at radius 1 is 1.09 bits per heavy atom. The molecule has 1 aliphatic heterocycles. The molecule has 13 nitrogen and oxygen atoms in total. The quantitative estimate of drug-likeness (QED) is 0.165. The van der Waals surface area contributed by atoms with E-state index in [-0.39, 0.29) is 17.5 Å². The minimum absolute atomic E-state index is 0.0573. The molecule has 2 aromatic carbocycles. The Morgan fingerprint density at radius 2 is 1.84 bits per heavy atom. The number of rotatable bonds is 14. The zero-order valence-corrected chi connectivity index (χ0v) is 26.4. The lowest BCUT2D eigenvalue weighted by Crippen LogP contribution is -2.38. The standard InChI is InChI=1S/C29H39N7O6S/c1-20-12-8-9-13-22(20)30-28(35(5)43(38,39)26-19-34(4)25(31-26)18-33(2)3)29-32-36(29)23-16-21(40-6)17-24(41-7)27(23)42-15-11-10-14-37/h8-9,12-13,16-17,19,37H,10-11,14-15,18H2,1-7H3. The molecule has 0 saturated heterocycles. The molecule has 0 saturated carbocycles. The molecule has 0 atom stereocenters. The number of methoxy groups -OCH3 is 2. The number of aliphatic imine (C=N–C) groups is 1. The van der Waals surface area contributed by atoms with Crippen LogP contribution in [-0.4, -0.2) is 92.5 Å². The minimum Gasteiger partial charge on any atom is -0.497 e. The SMILES string of the molecule is COc1cc(OC)c(OCCCCO)c(N2N=C2C(=Nc2ccccc2C)N(C)S(=O)(=O)c2cn(C)c(CN(C)C)n2)c1. The molecule has 0 unspecified atom stereocenters. The Bertz CT molecular complexity index is 1620. The number of aliphatic hydroxyl groups excluding tert-OH is 1. The van der Waals surface area contributed by atoms with Gasteiger partial charge in [-0.1, -0.05) is 18.2 Å². The maximum absolute atomic E-state index is 13.9. The maximum Gasteiger partial charge on any atom is 0.284 e. The van der Waals surface area contributed by atoms with Crippen LogP contribution < -0.4 is 19.2 Å². The molecule has 3 aromatic rings. The number of para-hydroxylation sites is 1. The Morgan fingerprint density at radius 3 is 2.49 bits per heavy atom. The molecule has 0 fully saturated rings. The molecule has 43 heavy (non-hydrogen) atoms. The van der Waals surface area contributed by atoms with Crippen molar-refractivity contribution in [2.45, 2.75) is 31.3 Å². The lowest BCUT2D eigenvalue weighted by molar-refractivity contribution is 0.247. The average molecular weight is 614 g/mol. The van der Waals surface area contributed by atoms with Gasteiger partial charge in [-0.05, 0) is 45.5 Å². The first kappa shape index (κ1) is 31.8. The zero-order chi connectivity index (χ0) is 31.3. The van der Waals surface area contributed by atoms with Gasteiger partial charge < -0.3 is 28.8 Å². The first-order chi connectivity index (χ1) is 20.5. The average Bonchev–Trinajstić information content (AvgIpc) is 3.68. The Balaban J connectivity index is 1.76. The van der Waals surface area contributed by atoms with Gasteiger partial charge in [0, 0.05) is 39.0 Å². The van der Waals surface area contributed by atoms with E-state index in [0.29, 0.717) is 66.3 Å². The number of aryl methyl sites for hydroxylation is 2. The van der Waals surface area contributed by atoms with Gasteiger partial charge in [-0.15, -0.1) is 5.10 Å². The number of anilines is 1. The van der Waals surface area contributed by atoms with Crippen molar-refractivity contribution in [3.8, 4) is 17.2 Å². The second-order valence-electron chi connectivity index (χ2n) is 10.2. The highest BCUT2D eigenvalue weighted by Gasteiger charge is 2.41. The van der Waals surface area contributed by atoms with Crippen molar-refractivity contribution in [2.24, 2.45) is 17.1 Å². The third kappa shape index (κ3) is 7.09. The molecule has 0 spiro atoms. The Hall–Kier alpha value is -4.14. The van der Waals surface area contributed by atoms with E-state index in [1.54, 1.807) is 28.8 Å². The van der Waals surface area contributed by atoms with Crippen LogP contribution in [0.4, 0.5) is 11.4 Å². The van der Waals surface area contributed by atoms with Gasteiger partial charge in [-0.3, -0.25) is 0 Å². The first-order valence-electron chi connectivity index (χ1n) is 13.7. The number of benzene rings is 2. The van der Waals surface area contributed by atoms with Gasteiger partial charge in [0.05, 0.1) is 33.1 Å². The van der Waals surface area contributed by atoms with E-state index < -0.39 is 10.0 Å². The van der Waals surface area contributed by atoms with Crippen molar-refractivity contribution in [1.82, 2.24) is 18.8 Å². The highest BCUT2D eigenvalue weighted by Crippen LogP contribution is 2.45. The number of imidazole rings is 1. The molecule has 0 aliphatic carbocycles. The first-order valence-corrected chi connectivity index (χ1v) is 15.1. The number of amidine groups is 2. The van der Waals surface area contributed by atoms with Gasteiger partial charge in [-0.2, -0.15) is 8.42 Å². The van der Waals surface area contributed by atoms with Crippen molar-refractivity contribution in [3.05, 3.63) is 54.0 Å². The summed E-state index contributed by atoms with van der Waals surface area (Å²) >= 11 is 0. The third-order valence-corrected chi connectivity index (χ3v) is 8.34. The van der Waals surface area contributed by atoms with Crippen molar-refractivity contribution >= 4 is 33.1 Å². The molecule has 2 heterocycles. The largest absolute Gasteiger partial charge is 0.497 e. The van der Waals surface area contributed by atoms with Crippen LogP contribution in [0, 0.1) is 6.92 Å². The highest BCUT2D eigenvalue weighted by molar-refractivity contribution is 7.89. The molecule has 1 aliphatic rings. The van der Waals surface area contributed by atoms with E-state index >= 15 is 0 Å². The number of ether oxygens (including phenoxy) is 3. The summed E-state index contributed by atoms with van der Waals surface area (Å²) in [5, 5.41) is 15.2. The van der Waals surface area contributed by atoms with Gasteiger partial charge in [0.15, 0.2) is 22.4 Å². The van der Waals surface area contributed by atoms with Gasteiger partial charge in [0.2, 0.25) is 5.84 Å². The van der Waals surface area contributed by atoms with Crippen molar-refractivity contribution in [2.75, 3.05) is 53.6 Å². The third-order valence-electron chi connectivity index (χ3n) is 6.72. The number of unbranched alkanes of at least 4 members (excludes halogenated alkanes) is 1. The van der Waals surface area contributed by atoms with E-state index in [0.717, 1.165) is 9.87 Å². The lowest BCUT2D eigenvalue weighted by atomic mass is 10.2. The fourth-order valence-corrected chi connectivity index (χ4v) is 5.39. The predicted octanol–water partition coefficient (Wildman–Crippen LogP) is 3.14. The Labute approximate surface area is 252 Å². The van der Waals surface area contributed by atoms with Crippen molar-refractivity contribution < 1.29 is 27.7 Å². The number of likely N-dealkylation sites (N-methyl/N-ethyl adjacent to an activating group) is 1. The number of hydrogen-bond donors (Lipinski definition) is 1. The van der Waals surface area contributed by atoms with Gasteiger partial charge in [0.25, 0.3) is 10.0 Å². The molecule has 14 heteroatoms. The summed E-state index contributed by atoms with van der Waals surface area (Å²) in [6.07, 6.45) is 2.70. The number of aromatic nitrogens is 2. The van der Waals surface area contributed by atoms with Crippen LogP contribution in [0.15, 0.2) is 57.7 Å². The predicted molar refractivity (Wildman–Crippen MR) is 165 cm³/mol. The number of hydrogen-bond acceptors (Lipinski definition) is 11. The molecule has 1 N–H and O–H groups in total. The summed E-state index contributed by atoms with van der Waals surface area (Å²) in [4.78, 5) is 11.1. The van der Waals surface area contributed by atoms with E-state index in [2.05, 4.69) is 10.1 Å². The number of nitrogens with zero attached hydrogens (tertiary/aromatic N) is 7. The van der Waals surface area contributed by atoms with E-state index in [1.165, 1.54) is 27.5 Å². The van der Waals surface area contributed by atoms with Gasteiger partial charge in [0.1, 0.15) is 17.3 Å². The van der Waals surface area contributed by atoms with Crippen LogP contribution in [0.1, 0.15) is 24.2 Å². The smallest absolute Gasteiger partial charge is 0.284 e. The summed E-state index contributed by atoms with van der Waals surface area (Å²) in [6, 6.07) is 10.9. The second-order valence-corrected chi connectivity index (χ2v) is 12.1. The summed E-state index contributed by atoms with van der Waals surface area (Å²) in [6.45, 7) is 2.75. The molecular formula is C29H39N7O6S. The zero-order valence-electron chi connectivity index (χ0n) is 25.6. The van der Waals surface area contributed by atoms with Crippen LogP contribution >= 0.6 is 0 Å². The maximum atomic E-state index is 13.9. The van der Waals surface area contributed by atoms with Crippen LogP contribution in [-0.2, 0) is 23.6 Å². The van der Waals surface area contributed by atoms with E-state index in [1.807, 2.05) is 50.2 Å². The second kappa shape index (κ2) is 13.4. The molecule has 232 valence electrons. The fourth-order valence-electron chi connectivity index (χ4n) is 4.25. The molecule has 1 aromatic heterocycles. The summed E-state index contributed by atoms with van der Waals surface area (Å²) in [5.74, 6) is 2.32. The normalized spacial score (nSPS) is 13.3. The topological polar surface area (TPSA) is 134 Å². The van der Waals surface area contributed by atoms with Crippen molar-refractivity contribution in [1.29, 1.82) is 0 Å². The molecule has 0 amide bonds. The summed E-state index contributed by atoms with van der Waals surface area (Å²) < 4.78 is 47.8. The molecule has 4 rings (SSSR count). The molecule has 0 radical (unpaired) electrons. The van der Waals surface area contributed by atoms with Crippen LogP contribution in [0.3, 0.4) is 0 Å². The van der Waals surface area contributed by atoms with E-state index in [9.17, 15) is 13.5 Å². The minimum atomic E-state index is -4.14. The summed E-state index contributed by atoms with van der Waals surface area (Å²) in [5.41, 5.74) is 1.94. The summed E-state index contributed by atoms with van der Waals surface area (Å²) in [7, 11) is 5.89. The van der Waals surface area contributed by atoms with Gasteiger partial charge >= 0.3 is 0 Å². The highest BCUT2D eigenvalue weighted by atomic mass is 32.2.